The van der Waals surface area contributed by atoms with Gasteiger partial charge in [0.1, 0.15) is 11.5 Å². The monoisotopic (exact) mass is 564 g/mol. The maximum absolute atomic E-state index is 13.4. The lowest BCUT2D eigenvalue weighted by Gasteiger charge is -2.31. The Kier molecular flexibility index (Phi) is 5.86. The van der Waals surface area contributed by atoms with Gasteiger partial charge in [-0.1, -0.05) is 24.6 Å². The van der Waals surface area contributed by atoms with Gasteiger partial charge in [-0.2, -0.15) is 8.42 Å². The number of ether oxygens (including phenoxy) is 1. The molecule has 2 aliphatic rings. The molecule has 11 nitrogen and oxygen atoms in total. The van der Waals surface area contributed by atoms with Crippen LogP contribution in [0.1, 0.15) is 47.5 Å². The van der Waals surface area contributed by atoms with E-state index in [2.05, 4.69) is 4.98 Å². The molecule has 0 spiro atoms. The van der Waals surface area contributed by atoms with Crippen LogP contribution in [0.3, 0.4) is 0 Å². The van der Waals surface area contributed by atoms with Crippen molar-refractivity contribution in [2.24, 2.45) is 0 Å². The fraction of sp³-hybridized carbons (Fsp3) is 0.250. The molecule has 0 radical (unpaired) electrons. The molecule has 6 rings (SSSR count). The van der Waals surface area contributed by atoms with Crippen molar-refractivity contribution in [2.75, 3.05) is 0 Å². The maximum atomic E-state index is 13.4. The maximum Gasteiger partial charge on any atom is 0.343 e. The molecule has 0 aliphatic carbocycles. The van der Waals surface area contributed by atoms with Crippen molar-refractivity contribution in [3.8, 4) is 17.1 Å². The van der Waals surface area contributed by atoms with Crippen LogP contribution in [-0.4, -0.2) is 39.3 Å². The number of hydrogen-bond donors (Lipinski definition) is 3. The summed E-state index contributed by atoms with van der Waals surface area (Å²) in [5.41, 5.74) is 0.164. The van der Waals surface area contributed by atoms with Gasteiger partial charge in [0.2, 0.25) is 0 Å². The predicted molar refractivity (Wildman–Crippen MR) is 141 cm³/mol. The van der Waals surface area contributed by atoms with E-state index < -0.39 is 33.5 Å². The largest absolute Gasteiger partial charge is 0.458 e. The van der Waals surface area contributed by atoms with Crippen molar-refractivity contribution in [1.29, 1.82) is 0 Å². The first-order chi connectivity index (χ1) is 18.9. The minimum Gasteiger partial charge on any atom is -0.458 e. The van der Waals surface area contributed by atoms with E-state index in [1.165, 1.54) is 28.8 Å². The van der Waals surface area contributed by atoms with Gasteiger partial charge in [-0.3, -0.25) is 4.79 Å². The van der Waals surface area contributed by atoms with Crippen molar-refractivity contribution in [3.63, 3.8) is 0 Å². The molecule has 206 valence electrons. The number of fused-ring (bicyclic) bond motifs is 5. The van der Waals surface area contributed by atoms with Gasteiger partial charge >= 0.3 is 16.1 Å². The van der Waals surface area contributed by atoms with Crippen molar-refractivity contribution in [1.82, 2.24) is 9.55 Å². The van der Waals surface area contributed by atoms with Crippen LogP contribution in [-0.2, 0) is 38.4 Å². The van der Waals surface area contributed by atoms with Crippen LogP contribution in [0.5, 0.6) is 5.75 Å². The average Bonchev–Trinajstić information content (AvgIpc) is 3.28. The summed E-state index contributed by atoms with van der Waals surface area (Å²) in [6.45, 7) is 3.24. The van der Waals surface area contributed by atoms with Crippen LogP contribution in [0.15, 0.2) is 58.2 Å². The van der Waals surface area contributed by atoms with Gasteiger partial charge < -0.3 is 28.8 Å². The molecule has 0 fully saturated rings. The first-order valence-corrected chi connectivity index (χ1v) is 13.9. The van der Waals surface area contributed by atoms with E-state index in [9.17, 15) is 33.3 Å². The van der Waals surface area contributed by atoms with E-state index in [-0.39, 0.29) is 57.8 Å². The molecule has 4 aromatic rings. The molecule has 0 unspecified atom stereocenters. The third-order valence-corrected chi connectivity index (χ3v) is 8.67. The summed E-state index contributed by atoms with van der Waals surface area (Å²) in [7, 11) is -4.29. The quantitative estimate of drug-likeness (QED) is 0.164. The van der Waals surface area contributed by atoms with E-state index in [4.69, 9.17) is 8.92 Å². The number of benzene rings is 2. The smallest absolute Gasteiger partial charge is 0.343 e. The minimum absolute atomic E-state index is 0.00631. The molecule has 2 aromatic heterocycles. The highest BCUT2D eigenvalue weighted by Crippen LogP contribution is 2.40. The lowest BCUT2D eigenvalue weighted by atomic mass is 9.86. The molecule has 0 saturated heterocycles. The van der Waals surface area contributed by atoms with Gasteiger partial charge in [-0.25, -0.2) is 9.78 Å². The highest BCUT2D eigenvalue weighted by Gasteiger charge is 2.45. The van der Waals surface area contributed by atoms with E-state index in [0.29, 0.717) is 17.0 Å². The van der Waals surface area contributed by atoms with Gasteiger partial charge in [0, 0.05) is 22.1 Å². The normalized spacial score (nSPS) is 17.9. The number of hydrogen-bond acceptors (Lipinski definition) is 10. The number of esters is 1. The van der Waals surface area contributed by atoms with Crippen LogP contribution >= 0.6 is 0 Å². The summed E-state index contributed by atoms with van der Waals surface area (Å²) in [6.07, 6.45) is -1.95. The van der Waals surface area contributed by atoms with Crippen LogP contribution < -0.4 is 9.74 Å². The molecule has 0 saturated carbocycles. The van der Waals surface area contributed by atoms with Gasteiger partial charge in [0.05, 0.1) is 29.0 Å². The summed E-state index contributed by atoms with van der Waals surface area (Å²) < 4.78 is 38.2. The molecule has 4 heterocycles. The molecule has 0 bridgehead atoms. The van der Waals surface area contributed by atoms with Crippen LogP contribution in [0.2, 0.25) is 0 Å². The lowest BCUT2D eigenvalue weighted by Crippen LogP contribution is -2.44. The Morgan fingerprint density at radius 1 is 1.12 bits per heavy atom. The molecule has 40 heavy (non-hydrogen) atoms. The standard InChI is InChI=1S/C28H24N2O9S/c1-3-28(35)20-11-22-24-16(12-30(22)25(31)19(20)13-38-27(28)34)8-18-21(29-24)9-15(26(32)33)10-23(18)39-40(36,37)17-6-4-14(2)5-7-17/h4-11,26,32-33,35H,3,12-13H2,1-2H3/t28-/m0/s1. The molecule has 2 aromatic carbocycles. The Morgan fingerprint density at radius 2 is 1.85 bits per heavy atom. The molecule has 1 atom stereocenters. The number of nitrogens with zero attached hydrogens (tertiary/aromatic N) is 2. The summed E-state index contributed by atoms with van der Waals surface area (Å²) in [4.78, 5) is 30.4. The Bertz CT molecular complexity index is 1900. The molecule has 3 N–H and O–H groups in total. The molecular formula is C28H24N2O9S. The van der Waals surface area contributed by atoms with E-state index in [1.54, 1.807) is 31.2 Å². The van der Waals surface area contributed by atoms with Gasteiger partial charge in [-0.15, -0.1) is 0 Å². The van der Waals surface area contributed by atoms with Gasteiger partial charge in [0.25, 0.3) is 5.56 Å². The Morgan fingerprint density at radius 3 is 2.52 bits per heavy atom. The molecular weight excluding hydrogens is 540 g/mol. The molecule has 12 heteroatoms. The number of pyridine rings is 2. The predicted octanol–water partition coefficient (Wildman–Crippen LogP) is 2.14. The number of aryl methyl sites for hydroxylation is 1. The zero-order valence-corrected chi connectivity index (χ0v) is 22.2. The van der Waals surface area contributed by atoms with Gasteiger partial charge in [-0.05, 0) is 49.7 Å². The Labute approximate surface area is 228 Å². The van der Waals surface area contributed by atoms with Crippen LogP contribution in [0.4, 0.5) is 0 Å². The van der Waals surface area contributed by atoms with Crippen molar-refractivity contribution in [3.05, 3.63) is 86.7 Å². The molecule has 0 amide bonds. The van der Waals surface area contributed by atoms with Crippen LogP contribution in [0.25, 0.3) is 22.3 Å². The third-order valence-electron chi connectivity index (χ3n) is 7.42. The Balaban J connectivity index is 1.53. The summed E-state index contributed by atoms with van der Waals surface area (Å²) in [5.74, 6) is -1.01. The van der Waals surface area contributed by atoms with Crippen LogP contribution in [0, 0.1) is 6.92 Å². The molecule has 2 aliphatic heterocycles. The number of rotatable bonds is 5. The summed E-state index contributed by atoms with van der Waals surface area (Å²) in [5, 5.41) is 31.1. The zero-order valence-electron chi connectivity index (χ0n) is 21.4. The SMILES string of the molecule is CC[C@@]1(O)C(=O)OCc2c1cc1n(c2=O)Cc2cc3c(OS(=O)(=O)c4ccc(C)cc4)cc(C(O)O)cc3nc2-1. The van der Waals surface area contributed by atoms with Crippen molar-refractivity contribution < 1.29 is 37.5 Å². The number of carbonyl (C=O) groups excluding carboxylic acids is 1. The minimum atomic E-state index is -4.29. The first-order valence-electron chi connectivity index (χ1n) is 12.4. The topological polar surface area (TPSA) is 165 Å². The zero-order chi connectivity index (χ0) is 28.6. The summed E-state index contributed by atoms with van der Waals surface area (Å²) >= 11 is 0. The fourth-order valence-corrected chi connectivity index (χ4v) is 6.10. The second-order valence-electron chi connectivity index (χ2n) is 9.91. The second kappa shape index (κ2) is 8.96. The number of aromatic nitrogens is 2. The summed E-state index contributed by atoms with van der Waals surface area (Å²) in [6, 6.07) is 11.8. The van der Waals surface area contributed by atoms with E-state index in [1.807, 2.05) is 6.92 Å². The fourth-order valence-electron chi connectivity index (χ4n) is 5.16. The first kappa shape index (κ1) is 26.1. The average molecular weight is 565 g/mol. The lowest BCUT2D eigenvalue weighted by molar-refractivity contribution is -0.172. The number of cyclic esters (lactones) is 1. The van der Waals surface area contributed by atoms with E-state index in [0.717, 1.165) is 5.56 Å². The number of aliphatic hydroxyl groups excluding tert-OH is 1. The van der Waals surface area contributed by atoms with Gasteiger partial charge in [0.15, 0.2) is 17.6 Å². The number of carbonyl (C=O) groups is 1. The highest BCUT2D eigenvalue weighted by atomic mass is 32.2. The highest BCUT2D eigenvalue weighted by molar-refractivity contribution is 7.87. The second-order valence-corrected chi connectivity index (χ2v) is 11.5. The number of aliphatic hydroxyl groups is 3. The van der Waals surface area contributed by atoms with Crippen molar-refractivity contribution in [2.45, 2.75) is 50.2 Å². The third kappa shape index (κ3) is 3.91. The Hall–Kier alpha value is -4.10. The van der Waals surface area contributed by atoms with Crippen molar-refractivity contribution >= 4 is 27.0 Å². The van der Waals surface area contributed by atoms with E-state index >= 15 is 0 Å².